The standard InChI is InChI=1S/C18H28O/c1-13-9-17(4,5)12-18(19,10-13)11-16-14(2)7-6-8-15(16)3/h6-8,13,19H,9-12H2,1-5H3. The molecule has 0 bridgehead atoms. The third-order valence-corrected chi connectivity index (χ3v) is 4.59. The number of rotatable bonds is 2. The first-order valence-electron chi connectivity index (χ1n) is 7.48. The summed E-state index contributed by atoms with van der Waals surface area (Å²) in [4.78, 5) is 0. The molecule has 1 aliphatic rings. The van der Waals surface area contributed by atoms with Gasteiger partial charge in [0.15, 0.2) is 0 Å². The highest BCUT2D eigenvalue weighted by Crippen LogP contribution is 2.45. The Morgan fingerprint density at radius 1 is 1.16 bits per heavy atom. The van der Waals surface area contributed by atoms with Crippen LogP contribution in [-0.4, -0.2) is 10.7 Å². The minimum absolute atomic E-state index is 0.253. The third kappa shape index (κ3) is 3.39. The van der Waals surface area contributed by atoms with Gasteiger partial charge in [-0.15, -0.1) is 0 Å². The predicted molar refractivity (Wildman–Crippen MR) is 81.4 cm³/mol. The molecule has 1 saturated carbocycles. The summed E-state index contributed by atoms with van der Waals surface area (Å²) in [5.41, 5.74) is 3.69. The van der Waals surface area contributed by atoms with Gasteiger partial charge in [-0.2, -0.15) is 0 Å². The van der Waals surface area contributed by atoms with Crippen molar-refractivity contribution in [2.45, 2.75) is 65.9 Å². The van der Waals surface area contributed by atoms with Gasteiger partial charge in [0, 0.05) is 6.42 Å². The normalized spacial score (nSPS) is 30.3. The van der Waals surface area contributed by atoms with E-state index >= 15 is 0 Å². The van der Waals surface area contributed by atoms with Gasteiger partial charge in [0.1, 0.15) is 0 Å². The Morgan fingerprint density at radius 3 is 2.26 bits per heavy atom. The van der Waals surface area contributed by atoms with Crippen molar-refractivity contribution < 1.29 is 5.11 Å². The molecule has 0 aliphatic heterocycles. The zero-order chi connectivity index (χ0) is 14.3. The fraction of sp³-hybridized carbons (Fsp3) is 0.667. The second-order valence-electron chi connectivity index (χ2n) is 7.63. The van der Waals surface area contributed by atoms with Crippen LogP contribution in [0.2, 0.25) is 0 Å². The molecular formula is C18H28O. The maximum atomic E-state index is 11.1. The summed E-state index contributed by atoms with van der Waals surface area (Å²) in [6, 6.07) is 6.41. The van der Waals surface area contributed by atoms with Gasteiger partial charge in [0.2, 0.25) is 0 Å². The average molecular weight is 260 g/mol. The molecule has 1 heteroatoms. The Morgan fingerprint density at radius 2 is 1.74 bits per heavy atom. The summed E-state index contributed by atoms with van der Waals surface area (Å²) in [5.74, 6) is 0.609. The van der Waals surface area contributed by atoms with Gasteiger partial charge in [-0.05, 0) is 61.1 Å². The lowest BCUT2D eigenvalue weighted by Gasteiger charge is -2.45. The van der Waals surface area contributed by atoms with E-state index in [1.165, 1.54) is 23.1 Å². The molecule has 2 unspecified atom stereocenters. The lowest BCUT2D eigenvalue weighted by atomic mass is 9.64. The van der Waals surface area contributed by atoms with Crippen molar-refractivity contribution in [2.75, 3.05) is 0 Å². The minimum Gasteiger partial charge on any atom is -0.390 e. The number of hydrogen-bond acceptors (Lipinski definition) is 1. The molecule has 0 spiro atoms. The van der Waals surface area contributed by atoms with Gasteiger partial charge in [0.05, 0.1) is 5.60 Å². The van der Waals surface area contributed by atoms with E-state index in [0.29, 0.717) is 5.92 Å². The Kier molecular flexibility index (Phi) is 3.79. The average Bonchev–Trinajstić information content (AvgIpc) is 2.20. The molecule has 0 amide bonds. The highest BCUT2D eigenvalue weighted by Gasteiger charge is 2.41. The first-order chi connectivity index (χ1) is 8.71. The van der Waals surface area contributed by atoms with Crippen molar-refractivity contribution in [3.8, 4) is 0 Å². The van der Waals surface area contributed by atoms with Crippen LogP contribution in [0.5, 0.6) is 0 Å². The van der Waals surface area contributed by atoms with Gasteiger partial charge in [0.25, 0.3) is 0 Å². The lowest BCUT2D eigenvalue weighted by Crippen LogP contribution is -2.44. The van der Waals surface area contributed by atoms with E-state index in [-0.39, 0.29) is 5.41 Å². The van der Waals surface area contributed by atoms with E-state index in [2.05, 4.69) is 52.8 Å². The molecule has 1 aliphatic carbocycles. The quantitative estimate of drug-likeness (QED) is 0.834. The van der Waals surface area contributed by atoms with Gasteiger partial charge < -0.3 is 5.11 Å². The van der Waals surface area contributed by atoms with Crippen molar-refractivity contribution in [2.24, 2.45) is 11.3 Å². The van der Waals surface area contributed by atoms with E-state index in [9.17, 15) is 5.11 Å². The van der Waals surface area contributed by atoms with Crippen LogP contribution >= 0.6 is 0 Å². The molecule has 0 heterocycles. The number of aryl methyl sites for hydroxylation is 2. The molecule has 1 fully saturated rings. The molecule has 0 radical (unpaired) electrons. The minimum atomic E-state index is -0.530. The lowest BCUT2D eigenvalue weighted by molar-refractivity contribution is -0.0576. The van der Waals surface area contributed by atoms with E-state index < -0.39 is 5.60 Å². The van der Waals surface area contributed by atoms with Gasteiger partial charge >= 0.3 is 0 Å². The Hall–Kier alpha value is -0.820. The summed E-state index contributed by atoms with van der Waals surface area (Å²) in [6.45, 7) is 11.2. The van der Waals surface area contributed by atoms with Crippen LogP contribution < -0.4 is 0 Å². The van der Waals surface area contributed by atoms with Crippen LogP contribution in [0, 0.1) is 25.2 Å². The zero-order valence-corrected chi connectivity index (χ0v) is 13.1. The van der Waals surface area contributed by atoms with Crippen molar-refractivity contribution in [1.29, 1.82) is 0 Å². The Balaban J connectivity index is 2.26. The van der Waals surface area contributed by atoms with Gasteiger partial charge in [-0.25, -0.2) is 0 Å². The maximum absolute atomic E-state index is 11.1. The number of aliphatic hydroxyl groups is 1. The third-order valence-electron chi connectivity index (χ3n) is 4.59. The first kappa shape index (κ1) is 14.6. The fourth-order valence-corrected chi connectivity index (χ4v) is 4.29. The van der Waals surface area contributed by atoms with Crippen molar-refractivity contribution in [3.05, 3.63) is 34.9 Å². The second-order valence-corrected chi connectivity index (χ2v) is 7.63. The predicted octanol–water partition coefficient (Wildman–Crippen LogP) is 4.42. The van der Waals surface area contributed by atoms with E-state index in [1.807, 2.05) is 0 Å². The smallest absolute Gasteiger partial charge is 0.0695 e. The molecule has 106 valence electrons. The van der Waals surface area contributed by atoms with Crippen LogP contribution in [0.15, 0.2) is 18.2 Å². The van der Waals surface area contributed by atoms with Crippen LogP contribution in [0.3, 0.4) is 0 Å². The fourth-order valence-electron chi connectivity index (χ4n) is 4.29. The van der Waals surface area contributed by atoms with E-state index in [0.717, 1.165) is 19.3 Å². The summed E-state index contributed by atoms with van der Waals surface area (Å²) in [7, 11) is 0. The number of benzene rings is 1. The zero-order valence-electron chi connectivity index (χ0n) is 13.1. The number of hydrogen-bond donors (Lipinski definition) is 1. The highest BCUT2D eigenvalue weighted by atomic mass is 16.3. The van der Waals surface area contributed by atoms with Gasteiger partial charge in [-0.3, -0.25) is 0 Å². The van der Waals surface area contributed by atoms with Crippen molar-refractivity contribution in [3.63, 3.8) is 0 Å². The van der Waals surface area contributed by atoms with Crippen molar-refractivity contribution >= 4 is 0 Å². The van der Waals surface area contributed by atoms with Crippen LogP contribution in [0.4, 0.5) is 0 Å². The molecule has 0 aromatic heterocycles. The first-order valence-corrected chi connectivity index (χ1v) is 7.48. The molecule has 19 heavy (non-hydrogen) atoms. The SMILES string of the molecule is Cc1cccc(C)c1CC1(O)CC(C)CC(C)(C)C1. The molecule has 2 atom stereocenters. The molecule has 1 N–H and O–H groups in total. The second kappa shape index (κ2) is 4.94. The van der Waals surface area contributed by atoms with E-state index in [1.54, 1.807) is 0 Å². The summed E-state index contributed by atoms with van der Waals surface area (Å²) in [5, 5.41) is 11.1. The molecule has 1 aromatic rings. The highest BCUT2D eigenvalue weighted by molar-refractivity contribution is 5.34. The molecule has 1 nitrogen and oxygen atoms in total. The molecular weight excluding hydrogens is 232 g/mol. The summed E-state index contributed by atoms with van der Waals surface area (Å²) < 4.78 is 0. The van der Waals surface area contributed by atoms with Crippen LogP contribution in [0.25, 0.3) is 0 Å². The summed E-state index contributed by atoms with van der Waals surface area (Å²) in [6.07, 6.45) is 3.88. The monoisotopic (exact) mass is 260 g/mol. The topological polar surface area (TPSA) is 20.2 Å². The molecule has 0 saturated heterocycles. The maximum Gasteiger partial charge on any atom is 0.0695 e. The molecule has 1 aromatic carbocycles. The van der Waals surface area contributed by atoms with Crippen LogP contribution in [-0.2, 0) is 6.42 Å². The largest absolute Gasteiger partial charge is 0.390 e. The Bertz CT molecular complexity index is 441. The van der Waals surface area contributed by atoms with E-state index in [4.69, 9.17) is 0 Å². The summed E-state index contributed by atoms with van der Waals surface area (Å²) >= 11 is 0. The Labute approximate surface area is 118 Å². The molecule has 2 rings (SSSR count). The van der Waals surface area contributed by atoms with Crippen molar-refractivity contribution in [1.82, 2.24) is 0 Å². The van der Waals surface area contributed by atoms with Gasteiger partial charge in [-0.1, -0.05) is 39.0 Å². The van der Waals surface area contributed by atoms with Crippen LogP contribution in [0.1, 0.15) is 56.7 Å².